The van der Waals surface area contributed by atoms with Gasteiger partial charge in [0.05, 0.1) is 0 Å². The van der Waals surface area contributed by atoms with Gasteiger partial charge in [-0.1, -0.05) is 0 Å². The zero-order valence-corrected chi connectivity index (χ0v) is 4.63. The Bertz CT molecular complexity index is 71.4. The van der Waals surface area contributed by atoms with Gasteiger partial charge in [-0.25, -0.2) is 0 Å². The lowest BCUT2D eigenvalue weighted by Gasteiger charge is -2.09. The maximum atomic E-state index is 11.2. The minimum Gasteiger partial charge on any atom is -0.329 e. The van der Waals surface area contributed by atoms with E-state index in [1.165, 1.54) is 0 Å². The van der Waals surface area contributed by atoms with Crippen LogP contribution < -0.4 is 5.73 Å². The fourth-order valence-corrected chi connectivity index (χ4v) is 0.134. The molecule has 0 spiro atoms. The standard InChI is InChI=1S/C3H5ClF3N/c4-2(1-8)3(5,6)7/h2H,1,8H2. The van der Waals surface area contributed by atoms with E-state index in [0.717, 1.165) is 0 Å². The second kappa shape index (κ2) is 2.55. The molecule has 0 aromatic rings. The number of hydrogen-bond donors (Lipinski definition) is 1. The van der Waals surface area contributed by atoms with Crippen LogP contribution in [0.2, 0.25) is 0 Å². The molecular weight excluding hydrogens is 142 g/mol. The van der Waals surface area contributed by atoms with Crippen LogP contribution in [0, 0.1) is 0 Å². The zero-order chi connectivity index (χ0) is 6.78. The van der Waals surface area contributed by atoms with Gasteiger partial charge in [-0.2, -0.15) is 13.2 Å². The molecule has 0 rings (SSSR count). The molecule has 0 aromatic heterocycles. The summed E-state index contributed by atoms with van der Waals surface area (Å²) in [6.07, 6.45) is -4.35. The summed E-state index contributed by atoms with van der Waals surface area (Å²) in [6.45, 7) is -0.564. The molecule has 8 heavy (non-hydrogen) atoms. The second-order valence-corrected chi connectivity index (χ2v) is 1.77. The van der Waals surface area contributed by atoms with E-state index in [0.29, 0.717) is 0 Å². The highest BCUT2D eigenvalue weighted by Gasteiger charge is 2.36. The van der Waals surface area contributed by atoms with Crippen molar-refractivity contribution in [2.75, 3.05) is 6.54 Å². The van der Waals surface area contributed by atoms with Crippen LogP contribution in [0.3, 0.4) is 0 Å². The van der Waals surface area contributed by atoms with Crippen LogP contribution in [0.4, 0.5) is 13.2 Å². The Morgan fingerprint density at radius 1 is 1.50 bits per heavy atom. The fraction of sp³-hybridized carbons (Fsp3) is 1.00. The predicted molar refractivity (Wildman–Crippen MR) is 24.8 cm³/mol. The van der Waals surface area contributed by atoms with E-state index in [2.05, 4.69) is 5.73 Å². The van der Waals surface area contributed by atoms with Crippen molar-refractivity contribution in [3.8, 4) is 0 Å². The Kier molecular flexibility index (Phi) is 2.56. The maximum absolute atomic E-state index is 11.2. The molecule has 0 radical (unpaired) electrons. The monoisotopic (exact) mass is 147 g/mol. The quantitative estimate of drug-likeness (QED) is 0.553. The first-order valence-corrected chi connectivity index (χ1v) is 2.33. The van der Waals surface area contributed by atoms with Crippen LogP contribution in [0.1, 0.15) is 0 Å². The van der Waals surface area contributed by atoms with Gasteiger partial charge >= 0.3 is 6.18 Å². The molecular formula is C3H5ClF3N. The van der Waals surface area contributed by atoms with E-state index in [9.17, 15) is 13.2 Å². The Labute approximate surface area is 49.6 Å². The molecule has 0 amide bonds. The Balaban J connectivity index is 3.62. The van der Waals surface area contributed by atoms with Crippen molar-refractivity contribution in [2.24, 2.45) is 5.73 Å². The normalized spacial score (nSPS) is 16.1. The minimum absolute atomic E-state index is 0.564. The van der Waals surface area contributed by atoms with E-state index in [-0.39, 0.29) is 0 Å². The highest BCUT2D eigenvalue weighted by Crippen LogP contribution is 2.23. The van der Waals surface area contributed by atoms with Crippen LogP contribution in [-0.4, -0.2) is 18.1 Å². The Morgan fingerprint density at radius 2 is 1.88 bits per heavy atom. The topological polar surface area (TPSA) is 26.0 Å². The third-order valence-electron chi connectivity index (χ3n) is 0.562. The maximum Gasteiger partial charge on any atom is 0.406 e. The average molecular weight is 148 g/mol. The fourth-order valence-electron chi connectivity index (χ4n) is 0.134. The highest BCUT2D eigenvalue weighted by atomic mass is 35.5. The first-order valence-electron chi connectivity index (χ1n) is 1.89. The van der Waals surface area contributed by atoms with Crippen LogP contribution in [0.25, 0.3) is 0 Å². The number of rotatable bonds is 1. The van der Waals surface area contributed by atoms with E-state index in [4.69, 9.17) is 11.6 Å². The Hall–Kier alpha value is 0.0400. The van der Waals surface area contributed by atoms with Crippen LogP contribution in [0.15, 0.2) is 0 Å². The lowest BCUT2D eigenvalue weighted by Crippen LogP contribution is -2.30. The van der Waals surface area contributed by atoms with Gasteiger partial charge in [-0.05, 0) is 0 Å². The second-order valence-electron chi connectivity index (χ2n) is 1.24. The predicted octanol–water partition coefficient (Wildman–Crippen LogP) is 1.11. The van der Waals surface area contributed by atoms with E-state index < -0.39 is 18.1 Å². The van der Waals surface area contributed by atoms with Gasteiger partial charge in [0, 0.05) is 6.54 Å². The lowest BCUT2D eigenvalue weighted by molar-refractivity contribution is -0.128. The molecule has 0 saturated carbocycles. The van der Waals surface area contributed by atoms with Crippen LogP contribution in [0.5, 0.6) is 0 Å². The molecule has 1 unspecified atom stereocenters. The summed E-state index contributed by atoms with van der Waals surface area (Å²) in [6, 6.07) is 0. The summed E-state index contributed by atoms with van der Waals surface area (Å²) in [5.41, 5.74) is 4.61. The lowest BCUT2D eigenvalue weighted by atomic mass is 10.4. The molecule has 2 N–H and O–H groups in total. The van der Waals surface area contributed by atoms with Crippen LogP contribution >= 0.6 is 11.6 Å². The van der Waals surface area contributed by atoms with Crippen molar-refractivity contribution in [3.05, 3.63) is 0 Å². The van der Waals surface area contributed by atoms with Crippen molar-refractivity contribution in [2.45, 2.75) is 11.6 Å². The zero-order valence-electron chi connectivity index (χ0n) is 3.87. The van der Waals surface area contributed by atoms with Crippen molar-refractivity contribution in [1.82, 2.24) is 0 Å². The molecule has 0 aliphatic heterocycles. The van der Waals surface area contributed by atoms with E-state index in [1.54, 1.807) is 0 Å². The first kappa shape index (κ1) is 8.04. The van der Waals surface area contributed by atoms with Gasteiger partial charge in [-0.3, -0.25) is 0 Å². The molecule has 0 saturated heterocycles. The van der Waals surface area contributed by atoms with Crippen molar-refractivity contribution < 1.29 is 13.2 Å². The van der Waals surface area contributed by atoms with Gasteiger partial charge < -0.3 is 5.73 Å². The smallest absolute Gasteiger partial charge is 0.329 e. The number of hydrogen-bond acceptors (Lipinski definition) is 1. The summed E-state index contributed by atoms with van der Waals surface area (Å²) in [5, 5.41) is -1.90. The van der Waals surface area contributed by atoms with Gasteiger partial charge in [-0.15, -0.1) is 11.6 Å². The molecule has 0 bridgehead atoms. The van der Waals surface area contributed by atoms with Gasteiger partial charge in [0.25, 0.3) is 0 Å². The van der Waals surface area contributed by atoms with E-state index in [1.807, 2.05) is 0 Å². The average Bonchev–Trinajstić information content (AvgIpc) is 1.62. The molecule has 5 heteroatoms. The summed E-state index contributed by atoms with van der Waals surface area (Å²) < 4.78 is 33.7. The Morgan fingerprint density at radius 3 is 1.88 bits per heavy atom. The molecule has 0 aromatic carbocycles. The molecule has 50 valence electrons. The van der Waals surface area contributed by atoms with Crippen molar-refractivity contribution in [1.29, 1.82) is 0 Å². The van der Waals surface area contributed by atoms with Crippen molar-refractivity contribution >= 4 is 11.6 Å². The van der Waals surface area contributed by atoms with Gasteiger partial charge in [0.15, 0.2) is 0 Å². The van der Waals surface area contributed by atoms with Crippen molar-refractivity contribution in [3.63, 3.8) is 0 Å². The summed E-state index contributed by atoms with van der Waals surface area (Å²) in [4.78, 5) is 0. The molecule has 0 heterocycles. The minimum atomic E-state index is -4.35. The SMILES string of the molecule is NCC(Cl)C(F)(F)F. The molecule has 0 aliphatic carbocycles. The number of alkyl halides is 4. The third kappa shape index (κ3) is 2.37. The van der Waals surface area contributed by atoms with Gasteiger partial charge in [0.2, 0.25) is 0 Å². The largest absolute Gasteiger partial charge is 0.406 e. The molecule has 1 nitrogen and oxygen atoms in total. The number of halogens is 4. The van der Waals surface area contributed by atoms with Crippen LogP contribution in [-0.2, 0) is 0 Å². The number of nitrogens with two attached hydrogens (primary N) is 1. The van der Waals surface area contributed by atoms with E-state index >= 15 is 0 Å². The summed E-state index contributed by atoms with van der Waals surface area (Å²) in [5.74, 6) is 0. The third-order valence-corrected chi connectivity index (χ3v) is 0.988. The molecule has 0 fully saturated rings. The summed E-state index contributed by atoms with van der Waals surface area (Å²) >= 11 is 4.69. The highest BCUT2D eigenvalue weighted by molar-refractivity contribution is 6.21. The molecule has 1 atom stereocenters. The summed E-state index contributed by atoms with van der Waals surface area (Å²) in [7, 11) is 0. The van der Waals surface area contributed by atoms with Gasteiger partial charge in [0.1, 0.15) is 5.38 Å². The molecule has 0 aliphatic rings. The first-order chi connectivity index (χ1) is 3.48.